The van der Waals surface area contributed by atoms with Gasteiger partial charge in [0.05, 0.1) is 6.54 Å². The van der Waals surface area contributed by atoms with E-state index < -0.39 is 10.0 Å². The molecule has 8 heteroatoms. The molecule has 120 valence electrons. The lowest BCUT2D eigenvalue weighted by Gasteiger charge is -2.25. The zero-order valence-corrected chi connectivity index (χ0v) is 14.1. The average Bonchev–Trinajstić information content (AvgIpc) is 2.82. The van der Waals surface area contributed by atoms with Crippen LogP contribution < -0.4 is 10.0 Å². The smallest absolute Gasteiger partial charge is 0.244 e. The minimum atomic E-state index is -3.49. The fourth-order valence-corrected chi connectivity index (χ4v) is 4.49. The van der Waals surface area contributed by atoms with E-state index in [1.807, 2.05) is 11.8 Å². The van der Waals surface area contributed by atoms with Gasteiger partial charge in [0, 0.05) is 43.8 Å². The molecule has 0 radical (unpaired) electrons. The summed E-state index contributed by atoms with van der Waals surface area (Å²) in [5, 5.41) is 2.94. The zero-order valence-electron chi connectivity index (χ0n) is 12.5. The van der Waals surface area contributed by atoms with Crippen LogP contribution in [0.15, 0.2) is 15.4 Å². The number of aryl methyl sites for hydroxylation is 1. The van der Waals surface area contributed by atoms with E-state index in [9.17, 15) is 8.42 Å². The number of furan rings is 1. The van der Waals surface area contributed by atoms with E-state index in [-0.39, 0.29) is 4.90 Å². The van der Waals surface area contributed by atoms with Gasteiger partial charge in [-0.05, 0) is 14.0 Å². The number of rotatable bonds is 7. The van der Waals surface area contributed by atoms with Crippen molar-refractivity contribution in [3.63, 3.8) is 0 Å². The van der Waals surface area contributed by atoms with E-state index in [0.717, 1.165) is 31.1 Å². The number of sulfonamides is 1. The van der Waals surface area contributed by atoms with Crippen molar-refractivity contribution in [1.82, 2.24) is 14.9 Å². The maximum Gasteiger partial charge on any atom is 0.244 e. The minimum Gasteiger partial charge on any atom is -0.464 e. The molecule has 0 spiro atoms. The summed E-state index contributed by atoms with van der Waals surface area (Å²) in [6.07, 6.45) is 0. The summed E-state index contributed by atoms with van der Waals surface area (Å²) in [6, 6.07) is 1.59. The largest absolute Gasteiger partial charge is 0.464 e. The van der Waals surface area contributed by atoms with Crippen LogP contribution in [0.2, 0.25) is 0 Å². The SMILES string of the molecule is CNCc1cc(S(=O)(=O)NCCN2CCSCC2)c(C)o1. The third-order valence-electron chi connectivity index (χ3n) is 3.39. The number of hydrogen-bond donors (Lipinski definition) is 2. The Bertz CT molecular complexity index is 551. The molecule has 21 heavy (non-hydrogen) atoms. The van der Waals surface area contributed by atoms with Gasteiger partial charge in [-0.3, -0.25) is 0 Å². The van der Waals surface area contributed by atoms with Gasteiger partial charge in [0.15, 0.2) is 0 Å². The van der Waals surface area contributed by atoms with Crippen molar-refractivity contribution >= 4 is 21.8 Å². The summed E-state index contributed by atoms with van der Waals surface area (Å²) in [6.45, 7) is 5.43. The number of thioether (sulfide) groups is 1. The first-order chi connectivity index (χ1) is 10.0. The molecule has 0 aliphatic carbocycles. The minimum absolute atomic E-state index is 0.238. The molecule has 2 N–H and O–H groups in total. The third kappa shape index (κ3) is 4.72. The monoisotopic (exact) mass is 333 g/mol. The van der Waals surface area contributed by atoms with Gasteiger partial charge < -0.3 is 14.6 Å². The first kappa shape index (κ1) is 16.8. The molecule has 0 bridgehead atoms. The van der Waals surface area contributed by atoms with Crippen LogP contribution in [0.1, 0.15) is 11.5 Å². The van der Waals surface area contributed by atoms with Crippen LogP contribution in [0.5, 0.6) is 0 Å². The molecule has 6 nitrogen and oxygen atoms in total. The molecule has 0 aromatic carbocycles. The fraction of sp³-hybridized carbons (Fsp3) is 0.692. The van der Waals surface area contributed by atoms with Crippen LogP contribution >= 0.6 is 11.8 Å². The highest BCUT2D eigenvalue weighted by Crippen LogP contribution is 2.19. The van der Waals surface area contributed by atoms with Gasteiger partial charge in [-0.25, -0.2) is 13.1 Å². The maximum absolute atomic E-state index is 12.3. The lowest BCUT2D eigenvalue weighted by Crippen LogP contribution is -2.39. The van der Waals surface area contributed by atoms with Gasteiger partial charge >= 0.3 is 0 Å². The van der Waals surface area contributed by atoms with Crippen LogP contribution in [0.4, 0.5) is 0 Å². The van der Waals surface area contributed by atoms with Crippen molar-refractivity contribution in [3.8, 4) is 0 Å². The van der Waals surface area contributed by atoms with Crippen LogP contribution in [0, 0.1) is 6.92 Å². The molecule has 0 unspecified atom stereocenters. The molecule has 0 saturated carbocycles. The van der Waals surface area contributed by atoms with E-state index >= 15 is 0 Å². The van der Waals surface area contributed by atoms with E-state index in [1.165, 1.54) is 0 Å². The van der Waals surface area contributed by atoms with Crippen molar-refractivity contribution in [1.29, 1.82) is 0 Å². The Kier molecular flexibility index (Phi) is 6.12. The molecule has 0 atom stereocenters. The number of nitrogens with one attached hydrogen (secondary N) is 2. The Labute approximate surface area is 130 Å². The zero-order chi connectivity index (χ0) is 15.3. The summed E-state index contributed by atoms with van der Waals surface area (Å²) in [4.78, 5) is 2.52. The molecule has 1 aliphatic heterocycles. The van der Waals surface area contributed by atoms with Gasteiger partial charge in [0.2, 0.25) is 10.0 Å². The highest BCUT2D eigenvalue weighted by Gasteiger charge is 2.21. The van der Waals surface area contributed by atoms with Crippen molar-refractivity contribution in [3.05, 3.63) is 17.6 Å². The van der Waals surface area contributed by atoms with Crippen LogP contribution in [-0.4, -0.2) is 58.1 Å². The molecule has 1 aliphatic rings. The van der Waals surface area contributed by atoms with Gasteiger partial charge in [-0.15, -0.1) is 0 Å². The molecule has 1 saturated heterocycles. The molecular formula is C13H23N3O3S2. The van der Waals surface area contributed by atoms with Crippen LogP contribution in [0.25, 0.3) is 0 Å². The van der Waals surface area contributed by atoms with Gasteiger partial charge in [0.1, 0.15) is 16.4 Å². The molecule has 0 amide bonds. The van der Waals surface area contributed by atoms with Crippen molar-refractivity contribution in [2.45, 2.75) is 18.4 Å². The van der Waals surface area contributed by atoms with Crippen molar-refractivity contribution < 1.29 is 12.8 Å². The lowest BCUT2D eigenvalue weighted by molar-refractivity contribution is 0.307. The summed E-state index contributed by atoms with van der Waals surface area (Å²) in [5.74, 6) is 3.31. The molecule has 1 fully saturated rings. The van der Waals surface area contributed by atoms with E-state index in [2.05, 4.69) is 14.9 Å². The Balaban J connectivity index is 1.91. The molecule has 2 rings (SSSR count). The predicted molar refractivity (Wildman–Crippen MR) is 85.2 cm³/mol. The Morgan fingerprint density at radius 2 is 2.10 bits per heavy atom. The summed E-state index contributed by atoms with van der Waals surface area (Å²) in [7, 11) is -1.70. The second-order valence-corrected chi connectivity index (χ2v) is 7.98. The lowest BCUT2D eigenvalue weighted by atomic mass is 10.4. The summed E-state index contributed by atoms with van der Waals surface area (Å²) >= 11 is 1.95. The van der Waals surface area contributed by atoms with Crippen molar-refractivity contribution in [2.24, 2.45) is 0 Å². The highest BCUT2D eigenvalue weighted by atomic mass is 32.2. The van der Waals surface area contributed by atoms with E-state index in [1.54, 1.807) is 20.0 Å². The fourth-order valence-electron chi connectivity index (χ4n) is 2.29. The summed E-state index contributed by atoms with van der Waals surface area (Å²) < 4.78 is 32.7. The van der Waals surface area contributed by atoms with Gasteiger partial charge in [0.25, 0.3) is 0 Å². The van der Waals surface area contributed by atoms with E-state index in [0.29, 0.717) is 24.6 Å². The Morgan fingerprint density at radius 1 is 1.38 bits per heavy atom. The van der Waals surface area contributed by atoms with Gasteiger partial charge in [-0.1, -0.05) is 0 Å². The molecule has 2 heterocycles. The van der Waals surface area contributed by atoms with E-state index in [4.69, 9.17) is 4.42 Å². The molecule has 1 aromatic rings. The standard InChI is InChI=1S/C13H23N3O3S2/c1-11-13(9-12(19-11)10-14-2)21(17,18)15-3-4-16-5-7-20-8-6-16/h9,14-15H,3-8,10H2,1-2H3. The first-order valence-electron chi connectivity index (χ1n) is 7.06. The second-order valence-electron chi connectivity index (χ2n) is 5.02. The number of nitrogens with zero attached hydrogens (tertiary/aromatic N) is 1. The Morgan fingerprint density at radius 3 is 2.76 bits per heavy atom. The normalized spacial score (nSPS) is 17.2. The van der Waals surface area contributed by atoms with Crippen LogP contribution in [-0.2, 0) is 16.6 Å². The topological polar surface area (TPSA) is 74.6 Å². The van der Waals surface area contributed by atoms with Crippen molar-refractivity contribution in [2.75, 3.05) is 44.7 Å². The molecule has 1 aromatic heterocycles. The first-order valence-corrected chi connectivity index (χ1v) is 9.70. The second kappa shape index (κ2) is 7.64. The quantitative estimate of drug-likeness (QED) is 0.763. The average molecular weight is 333 g/mol. The maximum atomic E-state index is 12.3. The Hall–Kier alpha value is -0.540. The van der Waals surface area contributed by atoms with Gasteiger partial charge in [-0.2, -0.15) is 11.8 Å². The molecular weight excluding hydrogens is 310 g/mol. The summed E-state index contributed by atoms with van der Waals surface area (Å²) in [5.41, 5.74) is 0. The third-order valence-corrected chi connectivity index (χ3v) is 5.90. The van der Waals surface area contributed by atoms with Crippen LogP contribution in [0.3, 0.4) is 0 Å². The number of hydrogen-bond acceptors (Lipinski definition) is 6. The predicted octanol–water partition coefficient (Wildman–Crippen LogP) is 0.635. The highest BCUT2D eigenvalue weighted by molar-refractivity contribution is 7.99.